The number of hydrogen-bond donors (Lipinski definition) is 1. The second kappa shape index (κ2) is 6.93. The molecular weight excluding hydrogens is 355 g/mol. The van der Waals surface area contributed by atoms with E-state index in [-0.39, 0.29) is 11.7 Å². The lowest BCUT2D eigenvalue weighted by atomic mass is 10.1. The number of fused-ring (bicyclic) bond motifs is 1. The molecule has 0 bridgehead atoms. The van der Waals surface area contributed by atoms with Crippen molar-refractivity contribution >= 4 is 22.7 Å². The first kappa shape index (κ1) is 17.9. The minimum atomic E-state index is -0.379. The van der Waals surface area contributed by atoms with Crippen LogP contribution in [0.5, 0.6) is 0 Å². The van der Waals surface area contributed by atoms with E-state index in [9.17, 15) is 9.18 Å². The average Bonchev–Trinajstić information content (AvgIpc) is 3.08. The van der Waals surface area contributed by atoms with Crippen LogP contribution >= 0.6 is 0 Å². The Bertz CT molecular complexity index is 1190. The van der Waals surface area contributed by atoms with Gasteiger partial charge in [-0.1, -0.05) is 12.1 Å². The normalized spacial score (nSPS) is 11.0. The van der Waals surface area contributed by atoms with Gasteiger partial charge in [-0.15, -0.1) is 0 Å². The molecule has 0 spiro atoms. The second-order valence-corrected chi connectivity index (χ2v) is 6.94. The quantitative estimate of drug-likeness (QED) is 0.492. The van der Waals surface area contributed by atoms with Gasteiger partial charge >= 0.3 is 0 Å². The molecule has 0 saturated heterocycles. The molecule has 1 aromatic heterocycles. The molecule has 140 valence electrons. The van der Waals surface area contributed by atoms with E-state index in [0.717, 1.165) is 33.4 Å². The van der Waals surface area contributed by atoms with E-state index in [1.165, 1.54) is 24.3 Å². The predicted octanol–water partition coefficient (Wildman–Crippen LogP) is 5.81. The highest BCUT2D eigenvalue weighted by atomic mass is 19.1. The topological polar surface area (TPSA) is 55.1 Å². The Morgan fingerprint density at radius 1 is 0.964 bits per heavy atom. The third-order valence-electron chi connectivity index (χ3n) is 4.66. The Morgan fingerprint density at radius 2 is 1.71 bits per heavy atom. The Kier molecular flexibility index (Phi) is 4.43. The number of hydrogen-bond acceptors (Lipinski definition) is 3. The van der Waals surface area contributed by atoms with Crippen LogP contribution in [-0.2, 0) is 0 Å². The van der Waals surface area contributed by atoms with Gasteiger partial charge in [-0.05, 0) is 79.9 Å². The van der Waals surface area contributed by atoms with Crippen LogP contribution in [0.2, 0.25) is 0 Å². The number of aromatic nitrogens is 1. The van der Waals surface area contributed by atoms with E-state index >= 15 is 0 Å². The molecule has 4 rings (SSSR count). The fourth-order valence-electron chi connectivity index (χ4n) is 3.19. The number of benzene rings is 3. The van der Waals surface area contributed by atoms with E-state index in [2.05, 4.69) is 16.4 Å². The number of oxazole rings is 1. The molecule has 28 heavy (non-hydrogen) atoms. The van der Waals surface area contributed by atoms with E-state index in [0.29, 0.717) is 17.1 Å². The van der Waals surface area contributed by atoms with Crippen LogP contribution in [0.4, 0.5) is 10.1 Å². The number of anilines is 1. The molecule has 0 aliphatic rings. The molecule has 5 heteroatoms. The number of carbonyl (C=O) groups is 1. The summed E-state index contributed by atoms with van der Waals surface area (Å²) in [7, 11) is 0. The third-order valence-corrected chi connectivity index (χ3v) is 4.66. The zero-order valence-corrected chi connectivity index (χ0v) is 15.8. The van der Waals surface area contributed by atoms with Crippen LogP contribution in [0.3, 0.4) is 0 Å². The van der Waals surface area contributed by atoms with Crippen molar-refractivity contribution < 1.29 is 13.6 Å². The molecular formula is C23H19FN2O2. The van der Waals surface area contributed by atoms with Gasteiger partial charge in [-0.2, -0.15) is 0 Å². The first-order valence-electron chi connectivity index (χ1n) is 8.96. The minimum absolute atomic E-state index is 0.302. The molecule has 1 N–H and O–H groups in total. The summed E-state index contributed by atoms with van der Waals surface area (Å²) < 4.78 is 19.0. The number of aryl methyl sites for hydroxylation is 3. The summed E-state index contributed by atoms with van der Waals surface area (Å²) in [6.45, 7) is 5.92. The first-order valence-corrected chi connectivity index (χ1v) is 8.96. The molecule has 0 radical (unpaired) electrons. The van der Waals surface area contributed by atoms with Crippen LogP contribution in [0.1, 0.15) is 27.0 Å². The van der Waals surface area contributed by atoms with Crippen molar-refractivity contribution in [2.75, 3.05) is 5.32 Å². The van der Waals surface area contributed by atoms with Gasteiger partial charge in [-0.3, -0.25) is 4.79 Å². The first-order chi connectivity index (χ1) is 13.4. The summed E-state index contributed by atoms with van der Waals surface area (Å²) in [4.78, 5) is 17.1. The Labute approximate surface area is 162 Å². The number of halogens is 1. The van der Waals surface area contributed by atoms with E-state index in [1.807, 2.05) is 45.0 Å². The number of nitrogens with one attached hydrogen (secondary N) is 1. The van der Waals surface area contributed by atoms with Crippen LogP contribution in [-0.4, -0.2) is 10.9 Å². The summed E-state index contributed by atoms with van der Waals surface area (Å²) in [6, 6.07) is 15.1. The molecule has 0 fully saturated rings. The van der Waals surface area contributed by atoms with Crippen LogP contribution in [0.15, 0.2) is 59.0 Å². The second-order valence-electron chi connectivity index (χ2n) is 6.94. The number of nitrogens with zero attached hydrogens (tertiary/aromatic N) is 1. The van der Waals surface area contributed by atoms with E-state index in [4.69, 9.17) is 4.42 Å². The summed E-state index contributed by atoms with van der Waals surface area (Å²) in [5.74, 6) is -0.179. The molecule has 1 amide bonds. The molecule has 0 aliphatic carbocycles. The van der Waals surface area contributed by atoms with Crippen molar-refractivity contribution in [3.8, 4) is 11.5 Å². The summed E-state index contributed by atoms with van der Waals surface area (Å²) >= 11 is 0. The van der Waals surface area contributed by atoms with Crippen LogP contribution < -0.4 is 5.32 Å². The van der Waals surface area contributed by atoms with E-state index < -0.39 is 0 Å². The fourth-order valence-corrected chi connectivity index (χ4v) is 3.19. The van der Waals surface area contributed by atoms with Gasteiger partial charge in [0.05, 0.1) is 0 Å². The highest BCUT2D eigenvalue weighted by molar-refractivity contribution is 6.04. The van der Waals surface area contributed by atoms with Crippen LogP contribution in [0.25, 0.3) is 22.6 Å². The fraction of sp³-hybridized carbons (Fsp3) is 0.130. The monoisotopic (exact) mass is 374 g/mol. The molecule has 0 atom stereocenters. The van der Waals surface area contributed by atoms with Crippen molar-refractivity contribution in [1.82, 2.24) is 4.98 Å². The third kappa shape index (κ3) is 3.39. The molecule has 0 saturated carbocycles. The molecule has 0 unspecified atom stereocenters. The van der Waals surface area contributed by atoms with Gasteiger partial charge in [0.15, 0.2) is 5.58 Å². The van der Waals surface area contributed by atoms with Crippen molar-refractivity contribution in [2.45, 2.75) is 20.8 Å². The van der Waals surface area contributed by atoms with Crippen LogP contribution in [0, 0.1) is 26.6 Å². The lowest BCUT2D eigenvalue weighted by Gasteiger charge is -2.09. The highest BCUT2D eigenvalue weighted by Gasteiger charge is 2.14. The average molecular weight is 374 g/mol. The van der Waals surface area contributed by atoms with Gasteiger partial charge < -0.3 is 9.73 Å². The van der Waals surface area contributed by atoms with Gasteiger partial charge in [0.2, 0.25) is 5.89 Å². The predicted molar refractivity (Wildman–Crippen MR) is 108 cm³/mol. The molecule has 0 aliphatic heterocycles. The molecule has 1 heterocycles. The van der Waals surface area contributed by atoms with Gasteiger partial charge in [0, 0.05) is 16.8 Å². The smallest absolute Gasteiger partial charge is 0.255 e. The van der Waals surface area contributed by atoms with Crippen molar-refractivity contribution in [3.63, 3.8) is 0 Å². The van der Waals surface area contributed by atoms with Gasteiger partial charge in [0.25, 0.3) is 5.91 Å². The molecule has 4 aromatic rings. The maximum absolute atomic E-state index is 13.1. The van der Waals surface area contributed by atoms with Crippen molar-refractivity contribution in [3.05, 3.63) is 82.7 Å². The maximum atomic E-state index is 13.1. The summed E-state index contributed by atoms with van der Waals surface area (Å²) in [5.41, 5.74) is 6.45. The van der Waals surface area contributed by atoms with Crippen molar-refractivity contribution in [2.24, 2.45) is 0 Å². The van der Waals surface area contributed by atoms with Gasteiger partial charge in [-0.25, -0.2) is 9.37 Å². The zero-order chi connectivity index (χ0) is 19.8. The van der Waals surface area contributed by atoms with Crippen molar-refractivity contribution in [1.29, 1.82) is 0 Å². The van der Waals surface area contributed by atoms with Gasteiger partial charge in [0.1, 0.15) is 11.3 Å². The molecule has 4 nitrogen and oxygen atoms in total. The Balaban J connectivity index is 1.68. The summed E-state index contributed by atoms with van der Waals surface area (Å²) in [5, 5.41) is 2.88. The maximum Gasteiger partial charge on any atom is 0.255 e. The lowest BCUT2D eigenvalue weighted by molar-refractivity contribution is 0.102. The SMILES string of the molecule is Cc1cc(C)c2oc(-c3ccc(C)c(NC(=O)c4ccc(F)cc4)c3)nc2c1. The Hall–Kier alpha value is -3.47. The zero-order valence-electron chi connectivity index (χ0n) is 15.8. The number of carbonyl (C=O) groups excluding carboxylic acids is 1. The Morgan fingerprint density at radius 3 is 2.46 bits per heavy atom. The molecule has 3 aromatic carbocycles. The summed E-state index contributed by atoms with van der Waals surface area (Å²) in [6.07, 6.45) is 0. The number of rotatable bonds is 3. The number of amides is 1. The standard InChI is InChI=1S/C23H19FN2O2/c1-13-10-15(3)21-20(11-13)26-23(28-21)17-5-4-14(2)19(12-17)25-22(27)16-6-8-18(24)9-7-16/h4-12H,1-3H3,(H,25,27). The highest BCUT2D eigenvalue weighted by Crippen LogP contribution is 2.30. The minimum Gasteiger partial charge on any atom is -0.436 e. The van der Waals surface area contributed by atoms with E-state index in [1.54, 1.807) is 0 Å². The lowest BCUT2D eigenvalue weighted by Crippen LogP contribution is -2.12. The largest absolute Gasteiger partial charge is 0.436 e.